The van der Waals surface area contributed by atoms with Gasteiger partial charge in [-0.1, -0.05) is 71.8 Å². The smallest absolute Gasteiger partial charge is 0.178 e. The molecule has 7 rings (SSSR count). The van der Waals surface area contributed by atoms with Crippen molar-refractivity contribution in [3.8, 4) is 28.4 Å². The number of ether oxygens (including phenoxy) is 6. The van der Waals surface area contributed by atoms with E-state index in [-0.39, 0.29) is 6.61 Å². The number of aliphatic hydroxyl groups is 1. The largest absolute Gasteiger partial charge is 0.497 e. The Kier molecular flexibility index (Phi) is 9.42. The molecule has 0 saturated heterocycles. The van der Waals surface area contributed by atoms with Gasteiger partial charge in [0.25, 0.3) is 0 Å². The molecule has 1 heterocycles. The predicted molar refractivity (Wildman–Crippen MR) is 196 cm³/mol. The lowest BCUT2D eigenvalue weighted by Crippen LogP contribution is -2.35. The van der Waals surface area contributed by atoms with E-state index in [1.807, 2.05) is 24.3 Å². The molecule has 0 fully saturated rings. The number of rotatable bonds is 13. The highest BCUT2D eigenvalue weighted by Crippen LogP contribution is 2.58. The van der Waals surface area contributed by atoms with Crippen LogP contribution in [0.4, 0.5) is 0 Å². The van der Waals surface area contributed by atoms with Crippen LogP contribution in [-0.4, -0.2) is 59.0 Å². The van der Waals surface area contributed by atoms with Crippen LogP contribution in [0, 0.1) is 13.8 Å². The Morgan fingerprint density at radius 1 is 0.680 bits per heavy atom. The van der Waals surface area contributed by atoms with Gasteiger partial charge < -0.3 is 33.5 Å². The molecule has 50 heavy (non-hydrogen) atoms. The normalized spacial score (nSPS) is 16.8. The van der Waals surface area contributed by atoms with E-state index in [4.69, 9.17) is 33.5 Å². The SMILES string of the molecule is COc1ccc(C2(c3ccc(OC)cc3)C=Cc3c4c(c5ccc(C)cc5c3O2)-c2ccc(C)cc2C4(C)OCCOCCOCCO)cc1. The van der Waals surface area contributed by atoms with Gasteiger partial charge in [0.15, 0.2) is 5.60 Å². The molecule has 0 radical (unpaired) electrons. The van der Waals surface area contributed by atoms with E-state index in [2.05, 4.69) is 93.6 Å². The summed E-state index contributed by atoms with van der Waals surface area (Å²) in [6, 6.07) is 29.5. The lowest BCUT2D eigenvalue weighted by molar-refractivity contribution is -0.0431. The van der Waals surface area contributed by atoms with E-state index in [9.17, 15) is 0 Å². The Balaban J connectivity index is 1.39. The fourth-order valence-electron chi connectivity index (χ4n) is 7.43. The summed E-state index contributed by atoms with van der Waals surface area (Å²) < 4.78 is 36.6. The van der Waals surface area contributed by atoms with Crippen molar-refractivity contribution in [1.29, 1.82) is 0 Å². The molecule has 1 aliphatic carbocycles. The number of aryl methyl sites for hydroxylation is 2. The van der Waals surface area contributed by atoms with Crippen LogP contribution >= 0.6 is 0 Å². The third kappa shape index (κ3) is 5.84. The van der Waals surface area contributed by atoms with Crippen LogP contribution < -0.4 is 14.2 Å². The molecule has 0 aromatic heterocycles. The molecule has 0 spiro atoms. The summed E-state index contributed by atoms with van der Waals surface area (Å²) in [5.41, 5.74) is 8.13. The van der Waals surface area contributed by atoms with Gasteiger partial charge in [-0.15, -0.1) is 0 Å². The zero-order valence-electron chi connectivity index (χ0n) is 29.4. The Morgan fingerprint density at radius 2 is 1.28 bits per heavy atom. The van der Waals surface area contributed by atoms with Gasteiger partial charge in [0, 0.05) is 27.6 Å². The van der Waals surface area contributed by atoms with Crippen LogP contribution in [0.2, 0.25) is 0 Å². The van der Waals surface area contributed by atoms with Gasteiger partial charge in [0.05, 0.1) is 53.9 Å². The summed E-state index contributed by atoms with van der Waals surface area (Å²) in [7, 11) is 3.35. The van der Waals surface area contributed by atoms with Gasteiger partial charge in [-0.25, -0.2) is 0 Å². The van der Waals surface area contributed by atoms with Crippen molar-refractivity contribution < 1.29 is 33.5 Å². The molecule has 258 valence electrons. The van der Waals surface area contributed by atoms with Crippen LogP contribution in [0.3, 0.4) is 0 Å². The molecule has 7 heteroatoms. The summed E-state index contributed by atoms with van der Waals surface area (Å²) in [5, 5.41) is 11.1. The van der Waals surface area contributed by atoms with E-state index >= 15 is 0 Å². The quantitative estimate of drug-likeness (QED) is 0.127. The van der Waals surface area contributed by atoms with Crippen molar-refractivity contribution in [3.63, 3.8) is 0 Å². The highest BCUT2D eigenvalue weighted by Gasteiger charge is 2.47. The number of fused-ring (bicyclic) bond motifs is 8. The molecule has 0 bridgehead atoms. The van der Waals surface area contributed by atoms with Crippen LogP contribution in [-0.2, 0) is 25.4 Å². The zero-order chi connectivity index (χ0) is 34.9. The maximum absolute atomic E-state index is 8.97. The van der Waals surface area contributed by atoms with Crippen molar-refractivity contribution in [2.75, 3.05) is 53.9 Å². The second-order valence-corrected chi connectivity index (χ2v) is 13.0. The average molecular weight is 673 g/mol. The first-order valence-electron chi connectivity index (χ1n) is 17.1. The molecule has 1 atom stereocenters. The van der Waals surface area contributed by atoms with E-state index in [0.717, 1.165) is 61.4 Å². The number of hydrogen-bond acceptors (Lipinski definition) is 7. The molecule has 1 aliphatic heterocycles. The summed E-state index contributed by atoms with van der Waals surface area (Å²) in [5.74, 6) is 2.37. The summed E-state index contributed by atoms with van der Waals surface area (Å²) in [6.45, 7) is 8.37. The number of benzene rings is 5. The second kappa shape index (κ2) is 13.9. The van der Waals surface area contributed by atoms with Crippen LogP contribution in [0.15, 0.2) is 91.0 Å². The van der Waals surface area contributed by atoms with E-state index in [1.165, 1.54) is 16.7 Å². The Bertz CT molecular complexity index is 1980. The first-order chi connectivity index (χ1) is 24.3. The molecule has 7 nitrogen and oxygen atoms in total. The highest BCUT2D eigenvalue weighted by molar-refractivity contribution is 6.08. The first-order valence-corrected chi connectivity index (χ1v) is 17.1. The topological polar surface area (TPSA) is 75.6 Å². The minimum atomic E-state index is -0.929. The predicted octanol–water partition coefficient (Wildman–Crippen LogP) is 8.11. The van der Waals surface area contributed by atoms with Crippen LogP contribution in [0.25, 0.3) is 28.0 Å². The minimum absolute atomic E-state index is 0.00224. The van der Waals surface area contributed by atoms with Gasteiger partial charge in [-0.2, -0.15) is 0 Å². The molecule has 2 aliphatic rings. The van der Waals surface area contributed by atoms with Crippen LogP contribution in [0.5, 0.6) is 17.2 Å². The Hall–Kier alpha value is -4.66. The molecule has 1 N–H and O–H groups in total. The summed E-state index contributed by atoms with van der Waals surface area (Å²) >= 11 is 0. The van der Waals surface area contributed by atoms with Crippen LogP contribution in [0.1, 0.15) is 45.9 Å². The fourth-order valence-corrected chi connectivity index (χ4v) is 7.43. The van der Waals surface area contributed by atoms with Gasteiger partial charge in [-0.05, 0) is 79.3 Å². The van der Waals surface area contributed by atoms with E-state index in [1.54, 1.807) is 14.2 Å². The zero-order valence-corrected chi connectivity index (χ0v) is 29.4. The van der Waals surface area contributed by atoms with Gasteiger partial charge in [-0.3, -0.25) is 0 Å². The van der Waals surface area contributed by atoms with Gasteiger partial charge >= 0.3 is 0 Å². The summed E-state index contributed by atoms with van der Waals surface area (Å²) in [4.78, 5) is 0. The lowest BCUT2D eigenvalue weighted by atomic mass is 9.80. The fraction of sp³-hybridized carbons (Fsp3) is 0.302. The Labute approximate surface area is 294 Å². The highest BCUT2D eigenvalue weighted by atomic mass is 16.6. The van der Waals surface area contributed by atoms with Gasteiger partial charge in [0.1, 0.15) is 22.8 Å². The van der Waals surface area contributed by atoms with Crippen molar-refractivity contribution in [3.05, 3.63) is 130 Å². The number of hydrogen-bond donors (Lipinski definition) is 1. The monoisotopic (exact) mass is 672 g/mol. The van der Waals surface area contributed by atoms with Crippen molar-refractivity contribution >= 4 is 16.8 Å². The molecular weight excluding hydrogens is 628 g/mol. The Morgan fingerprint density at radius 3 is 1.92 bits per heavy atom. The first kappa shape index (κ1) is 33.8. The number of methoxy groups -OCH3 is 2. The van der Waals surface area contributed by atoms with Crippen molar-refractivity contribution in [2.24, 2.45) is 0 Å². The lowest BCUT2D eigenvalue weighted by Gasteiger charge is -2.39. The van der Waals surface area contributed by atoms with E-state index < -0.39 is 11.2 Å². The maximum atomic E-state index is 8.97. The average Bonchev–Trinajstić information content (AvgIpc) is 3.40. The molecule has 5 aromatic rings. The maximum Gasteiger partial charge on any atom is 0.178 e. The minimum Gasteiger partial charge on any atom is -0.497 e. The van der Waals surface area contributed by atoms with Crippen molar-refractivity contribution in [2.45, 2.75) is 32.0 Å². The van der Waals surface area contributed by atoms with Crippen molar-refractivity contribution in [1.82, 2.24) is 0 Å². The molecule has 0 saturated carbocycles. The number of aliphatic hydroxyl groups excluding tert-OH is 1. The second-order valence-electron chi connectivity index (χ2n) is 13.0. The standard InChI is InChI=1S/C43H44O7/c1-28-6-16-34-37(26-28)41-36(18-19-43(50-41,30-8-12-32(45-4)13-9-30)31-10-14-33(46-5)15-11-31)40-39(34)35-17-7-29(2)27-38(35)42(40,3)49-25-24-48-23-22-47-21-20-44/h6-19,26-27,44H,20-25H2,1-5H3. The third-order valence-electron chi connectivity index (χ3n) is 9.90. The van der Waals surface area contributed by atoms with E-state index in [0.29, 0.717) is 33.0 Å². The molecule has 5 aromatic carbocycles. The molecule has 0 amide bonds. The molecule has 1 unspecified atom stereocenters. The molecular formula is C43H44O7. The van der Waals surface area contributed by atoms with Gasteiger partial charge in [0.2, 0.25) is 0 Å². The summed E-state index contributed by atoms with van der Waals surface area (Å²) in [6.07, 6.45) is 4.40. The third-order valence-corrected chi connectivity index (χ3v) is 9.90.